The third-order valence-corrected chi connectivity index (χ3v) is 10.7. The molecule has 0 saturated heterocycles. The van der Waals surface area contributed by atoms with Crippen LogP contribution in [-0.4, -0.2) is 10.8 Å². The van der Waals surface area contributed by atoms with Crippen molar-refractivity contribution in [3.8, 4) is 44.6 Å². The Balaban J connectivity index is 1.04. The summed E-state index contributed by atoms with van der Waals surface area (Å²) in [5, 5.41) is 7.20. The zero-order valence-corrected chi connectivity index (χ0v) is 30.7. The lowest BCUT2D eigenvalue weighted by molar-refractivity contribution is 0.881. The summed E-state index contributed by atoms with van der Waals surface area (Å²) in [5.74, 6) is 0.862. The lowest BCUT2D eigenvalue weighted by Crippen LogP contribution is -2.27. The number of aliphatic imine (C=N–C) groups is 1. The molecule has 0 spiro atoms. The van der Waals surface area contributed by atoms with E-state index in [2.05, 4.69) is 206 Å². The monoisotopic (exact) mass is 715 g/mol. The van der Waals surface area contributed by atoms with E-state index in [1.165, 1.54) is 38.4 Å². The van der Waals surface area contributed by atoms with Crippen molar-refractivity contribution in [1.82, 2.24) is 10.3 Å². The van der Waals surface area contributed by atoms with Crippen LogP contribution in [0, 0.1) is 0 Å². The van der Waals surface area contributed by atoms with Gasteiger partial charge in [0.25, 0.3) is 0 Å². The van der Waals surface area contributed by atoms with Gasteiger partial charge in [0.1, 0.15) is 5.84 Å². The van der Waals surface area contributed by atoms with Gasteiger partial charge in [0.15, 0.2) is 0 Å². The Kier molecular flexibility index (Phi) is 8.58. The van der Waals surface area contributed by atoms with Crippen molar-refractivity contribution < 1.29 is 0 Å². The average Bonchev–Trinajstić information content (AvgIpc) is 3.29. The fourth-order valence-electron chi connectivity index (χ4n) is 7.84. The summed E-state index contributed by atoms with van der Waals surface area (Å²) in [7, 11) is 0. The molecule has 3 nitrogen and oxygen atoms in total. The van der Waals surface area contributed by atoms with Crippen LogP contribution in [-0.2, 0) is 0 Å². The van der Waals surface area contributed by atoms with Gasteiger partial charge in [-0.15, -0.1) is 0 Å². The van der Waals surface area contributed by atoms with E-state index in [1.807, 2.05) is 12.1 Å². The summed E-state index contributed by atoms with van der Waals surface area (Å²) < 4.78 is 0. The van der Waals surface area contributed by atoms with Crippen molar-refractivity contribution >= 4 is 33.2 Å². The summed E-state index contributed by atoms with van der Waals surface area (Å²) in [6.07, 6.45) is 2.25. The van der Waals surface area contributed by atoms with E-state index in [9.17, 15) is 0 Å². The molecule has 3 heteroatoms. The van der Waals surface area contributed by atoms with Gasteiger partial charge < -0.3 is 5.32 Å². The number of hydrogen-bond acceptors (Lipinski definition) is 3. The molecule has 10 rings (SSSR count). The van der Waals surface area contributed by atoms with E-state index < -0.39 is 0 Å². The molecule has 1 aromatic heterocycles. The normalized spacial score (nSPS) is 13.9. The van der Waals surface area contributed by atoms with Gasteiger partial charge in [-0.2, -0.15) is 0 Å². The van der Waals surface area contributed by atoms with Crippen LogP contribution >= 0.6 is 0 Å². The average molecular weight is 716 g/mol. The van der Waals surface area contributed by atoms with Crippen LogP contribution in [0.5, 0.6) is 0 Å². The second-order valence-electron chi connectivity index (χ2n) is 14.2. The molecule has 8 aromatic carbocycles. The Labute approximate surface area is 327 Å². The predicted molar refractivity (Wildman–Crippen MR) is 234 cm³/mol. The number of hydrogen-bond donors (Lipinski definition) is 1. The van der Waals surface area contributed by atoms with E-state index >= 15 is 0 Å². The molecule has 0 bridgehead atoms. The van der Waals surface area contributed by atoms with Gasteiger partial charge in [0.2, 0.25) is 0 Å². The standard InChI is InChI=1S/C53H37N3/c1-5-14-36(15-6-1)37-24-26-40(27-25-37)50-35-51(56-53(55-50)41-20-11-4-12-21-41)45-23-13-22-42(33-45)43-28-30-46-44(32-43)29-31-48-52(46)47(38-16-7-2-8-17-38)34-49(54-48)39-18-9-3-10-19-39/h1-35,51H,(H,55,56). The first kappa shape index (κ1) is 33.2. The van der Waals surface area contributed by atoms with Gasteiger partial charge in [-0.1, -0.05) is 182 Å². The maximum absolute atomic E-state index is 5.27. The molecule has 1 unspecified atom stereocenters. The minimum atomic E-state index is -0.169. The van der Waals surface area contributed by atoms with Crippen LogP contribution in [0.25, 0.3) is 72.0 Å². The lowest BCUT2D eigenvalue weighted by Gasteiger charge is -2.24. The third kappa shape index (κ3) is 6.46. The Morgan fingerprint density at radius 1 is 0.411 bits per heavy atom. The molecule has 9 aromatic rings. The summed E-state index contributed by atoms with van der Waals surface area (Å²) in [4.78, 5) is 10.4. The zero-order chi connectivity index (χ0) is 37.3. The molecule has 1 aliphatic heterocycles. The van der Waals surface area contributed by atoms with Crippen molar-refractivity contribution in [2.45, 2.75) is 6.04 Å². The molecule has 0 saturated carbocycles. The van der Waals surface area contributed by atoms with E-state index in [4.69, 9.17) is 9.98 Å². The van der Waals surface area contributed by atoms with Gasteiger partial charge >= 0.3 is 0 Å². The fourth-order valence-corrected chi connectivity index (χ4v) is 7.84. The number of pyridine rings is 1. The van der Waals surface area contributed by atoms with Crippen LogP contribution < -0.4 is 5.32 Å². The quantitative estimate of drug-likeness (QED) is 0.167. The largest absolute Gasteiger partial charge is 0.340 e. The summed E-state index contributed by atoms with van der Waals surface area (Å²) in [5.41, 5.74) is 14.5. The number of amidine groups is 1. The number of nitrogens with zero attached hydrogens (tertiary/aromatic N) is 2. The van der Waals surface area contributed by atoms with Crippen LogP contribution in [0.1, 0.15) is 22.7 Å². The Morgan fingerprint density at radius 2 is 0.982 bits per heavy atom. The highest BCUT2D eigenvalue weighted by Crippen LogP contribution is 2.39. The first-order chi connectivity index (χ1) is 27.7. The molecular formula is C53H37N3. The van der Waals surface area contributed by atoms with Crippen LogP contribution in [0.15, 0.2) is 217 Å². The smallest absolute Gasteiger partial charge is 0.133 e. The van der Waals surface area contributed by atoms with Gasteiger partial charge in [-0.05, 0) is 85.6 Å². The summed E-state index contributed by atoms with van der Waals surface area (Å²) in [6, 6.07) is 72.9. The van der Waals surface area contributed by atoms with Crippen LogP contribution in [0.2, 0.25) is 0 Å². The molecule has 0 amide bonds. The van der Waals surface area contributed by atoms with Gasteiger partial charge in [0.05, 0.1) is 17.3 Å². The minimum absolute atomic E-state index is 0.169. The minimum Gasteiger partial charge on any atom is -0.340 e. The van der Waals surface area contributed by atoms with Gasteiger partial charge in [-0.25, -0.2) is 4.98 Å². The molecule has 0 aliphatic carbocycles. The highest BCUT2D eigenvalue weighted by molar-refractivity contribution is 6.14. The molecule has 56 heavy (non-hydrogen) atoms. The number of benzene rings is 8. The molecular weight excluding hydrogens is 679 g/mol. The number of aromatic nitrogens is 1. The Morgan fingerprint density at radius 3 is 1.70 bits per heavy atom. The van der Waals surface area contributed by atoms with E-state index in [1.54, 1.807) is 0 Å². The summed E-state index contributed by atoms with van der Waals surface area (Å²) >= 11 is 0. The maximum atomic E-state index is 5.27. The molecule has 2 heterocycles. The van der Waals surface area contributed by atoms with Gasteiger partial charge in [0, 0.05) is 22.2 Å². The van der Waals surface area contributed by atoms with E-state index in [-0.39, 0.29) is 6.04 Å². The van der Waals surface area contributed by atoms with E-state index in [0.29, 0.717) is 0 Å². The third-order valence-electron chi connectivity index (χ3n) is 10.7. The van der Waals surface area contributed by atoms with Crippen LogP contribution in [0.3, 0.4) is 0 Å². The molecule has 1 N–H and O–H groups in total. The molecule has 0 fully saturated rings. The fraction of sp³-hybridized carbons (Fsp3) is 0.0189. The van der Waals surface area contributed by atoms with Crippen molar-refractivity contribution in [1.29, 1.82) is 0 Å². The van der Waals surface area contributed by atoms with Crippen molar-refractivity contribution in [2.75, 3.05) is 0 Å². The van der Waals surface area contributed by atoms with E-state index in [0.717, 1.165) is 56.1 Å². The van der Waals surface area contributed by atoms with Gasteiger partial charge in [-0.3, -0.25) is 4.99 Å². The van der Waals surface area contributed by atoms with Crippen molar-refractivity contribution in [3.63, 3.8) is 0 Å². The topological polar surface area (TPSA) is 37.3 Å². The SMILES string of the molecule is C1=C(c2ccc(-c3ccccc3)cc2)NC(c2ccccc2)=NC1c1cccc(-c2ccc3c(ccc4nc(-c5ccccc5)cc(-c5ccccc5)c43)c2)c1. The number of rotatable bonds is 7. The van der Waals surface area contributed by atoms with Crippen molar-refractivity contribution in [2.24, 2.45) is 4.99 Å². The predicted octanol–water partition coefficient (Wildman–Crippen LogP) is 13.2. The Bertz CT molecular complexity index is 2900. The van der Waals surface area contributed by atoms with Crippen LogP contribution in [0.4, 0.5) is 0 Å². The second-order valence-corrected chi connectivity index (χ2v) is 14.2. The maximum Gasteiger partial charge on any atom is 0.133 e. The number of fused-ring (bicyclic) bond motifs is 3. The first-order valence-electron chi connectivity index (χ1n) is 19.1. The number of nitrogens with one attached hydrogen (secondary N) is 1. The molecule has 0 radical (unpaired) electrons. The van der Waals surface area contributed by atoms with Crippen molar-refractivity contribution in [3.05, 3.63) is 229 Å². The Hall–Kier alpha value is -7.36. The molecule has 264 valence electrons. The highest BCUT2D eigenvalue weighted by Gasteiger charge is 2.20. The highest BCUT2D eigenvalue weighted by atomic mass is 15.0. The lowest BCUT2D eigenvalue weighted by atomic mass is 9.92. The zero-order valence-electron chi connectivity index (χ0n) is 30.7. The first-order valence-corrected chi connectivity index (χ1v) is 19.1. The molecule has 1 atom stereocenters. The second kappa shape index (κ2) is 14.5. The molecule has 1 aliphatic rings. The summed E-state index contributed by atoms with van der Waals surface area (Å²) in [6.45, 7) is 0.